The lowest BCUT2D eigenvalue weighted by Crippen LogP contribution is -2.46. The maximum Gasteiger partial charge on any atom is 0.264 e. The lowest BCUT2D eigenvalue weighted by atomic mass is 9.96. The third-order valence-corrected chi connectivity index (χ3v) is 6.84. The number of carbonyl (C=O) groups is 2. The van der Waals surface area contributed by atoms with E-state index in [0.717, 1.165) is 34.4 Å². The molecular formula is C21H31N5O3S. The minimum atomic E-state index is -0.122. The highest BCUT2D eigenvalue weighted by molar-refractivity contribution is 7.20. The zero-order valence-electron chi connectivity index (χ0n) is 18.2. The van der Waals surface area contributed by atoms with Crippen molar-refractivity contribution in [2.24, 2.45) is 5.92 Å². The van der Waals surface area contributed by atoms with Gasteiger partial charge in [0, 0.05) is 39.8 Å². The summed E-state index contributed by atoms with van der Waals surface area (Å²) in [4.78, 5) is 40.0. The molecule has 0 spiro atoms. The van der Waals surface area contributed by atoms with E-state index in [2.05, 4.69) is 15.3 Å². The molecule has 30 heavy (non-hydrogen) atoms. The van der Waals surface area contributed by atoms with E-state index < -0.39 is 0 Å². The normalized spacial score (nSPS) is 16.7. The number of ether oxygens (including phenoxy) is 1. The molecule has 0 aliphatic carbocycles. The van der Waals surface area contributed by atoms with Crippen LogP contribution >= 0.6 is 11.3 Å². The first-order valence-corrected chi connectivity index (χ1v) is 11.4. The number of rotatable bonds is 8. The quantitative estimate of drug-likeness (QED) is 0.644. The number of amides is 2. The molecule has 0 saturated carbocycles. The fraction of sp³-hybridized carbons (Fsp3) is 0.619. The van der Waals surface area contributed by atoms with Gasteiger partial charge < -0.3 is 19.9 Å². The molecule has 1 atom stereocenters. The first-order valence-electron chi connectivity index (χ1n) is 10.6. The fourth-order valence-corrected chi connectivity index (χ4v) is 5.10. The lowest BCUT2D eigenvalue weighted by Gasteiger charge is -2.34. The van der Waals surface area contributed by atoms with Gasteiger partial charge in [0.15, 0.2) is 0 Å². The van der Waals surface area contributed by atoms with Crippen molar-refractivity contribution >= 4 is 39.2 Å². The second-order valence-electron chi connectivity index (χ2n) is 7.48. The second-order valence-corrected chi connectivity index (χ2v) is 8.48. The third-order valence-electron chi connectivity index (χ3n) is 5.65. The molecule has 1 aliphatic rings. The van der Waals surface area contributed by atoms with Crippen LogP contribution in [0.3, 0.4) is 0 Å². The Morgan fingerprint density at radius 2 is 2.10 bits per heavy atom. The molecule has 1 aliphatic heterocycles. The van der Waals surface area contributed by atoms with E-state index in [9.17, 15) is 9.59 Å². The minimum absolute atomic E-state index is 0.0182. The number of nitrogens with one attached hydrogen (secondary N) is 1. The zero-order valence-corrected chi connectivity index (χ0v) is 19.0. The van der Waals surface area contributed by atoms with Crippen LogP contribution in [-0.2, 0) is 9.53 Å². The number of likely N-dealkylation sites (tertiary alicyclic amines) is 1. The molecule has 1 fully saturated rings. The van der Waals surface area contributed by atoms with Crippen molar-refractivity contribution in [3.63, 3.8) is 0 Å². The van der Waals surface area contributed by atoms with Crippen LogP contribution in [0.1, 0.15) is 41.9 Å². The van der Waals surface area contributed by atoms with Gasteiger partial charge in [-0.15, -0.1) is 11.3 Å². The van der Waals surface area contributed by atoms with Crippen LogP contribution in [-0.4, -0.2) is 78.0 Å². The summed E-state index contributed by atoms with van der Waals surface area (Å²) >= 11 is 1.40. The van der Waals surface area contributed by atoms with Gasteiger partial charge in [0.05, 0.1) is 22.8 Å². The molecule has 0 bridgehead atoms. The minimum Gasteiger partial charge on any atom is -0.383 e. The monoisotopic (exact) mass is 433 g/mol. The standard InChI is InChI=1S/C21H31N5O3S/c1-5-25(6-2)20(27)15-8-7-10-26(12-15)21(28)17-14(3)16-18(22-9-11-29-4)23-13-24-19(16)30-17/h13,15H,5-12H2,1-4H3,(H,22,23,24)/t15-/m0/s1. The lowest BCUT2D eigenvalue weighted by molar-refractivity contribution is -0.136. The maximum absolute atomic E-state index is 13.4. The number of thiophene rings is 1. The van der Waals surface area contributed by atoms with Gasteiger partial charge in [0.25, 0.3) is 5.91 Å². The predicted molar refractivity (Wildman–Crippen MR) is 119 cm³/mol. The number of hydrogen-bond acceptors (Lipinski definition) is 7. The van der Waals surface area contributed by atoms with Crippen molar-refractivity contribution in [1.29, 1.82) is 0 Å². The Kier molecular flexibility index (Phi) is 7.60. The summed E-state index contributed by atoms with van der Waals surface area (Å²) in [5.74, 6) is 0.734. The van der Waals surface area contributed by atoms with Crippen LogP contribution in [0.2, 0.25) is 0 Å². The number of nitrogens with zero attached hydrogens (tertiary/aromatic N) is 4. The zero-order chi connectivity index (χ0) is 21.7. The molecule has 2 aromatic heterocycles. The Hall–Kier alpha value is -2.26. The summed E-state index contributed by atoms with van der Waals surface area (Å²) in [6, 6.07) is 0. The van der Waals surface area contributed by atoms with Crippen molar-refractivity contribution in [1.82, 2.24) is 19.8 Å². The highest BCUT2D eigenvalue weighted by Crippen LogP contribution is 2.34. The number of piperidine rings is 1. The summed E-state index contributed by atoms with van der Waals surface area (Å²) in [7, 11) is 1.65. The van der Waals surface area contributed by atoms with E-state index in [-0.39, 0.29) is 17.7 Å². The van der Waals surface area contributed by atoms with Gasteiger partial charge in [0.1, 0.15) is 17.0 Å². The molecule has 1 N–H and O–H groups in total. The Labute approximate surface area is 181 Å². The number of carbonyl (C=O) groups excluding carboxylic acids is 2. The van der Waals surface area contributed by atoms with E-state index in [1.165, 1.54) is 17.7 Å². The number of aromatic nitrogens is 2. The molecular weight excluding hydrogens is 402 g/mol. The van der Waals surface area contributed by atoms with Gasteiger partial charge in [-0.05, 0) is 39.2 Å². The first kappa shape index (κ1) is 22.4. The number of aryl methyl sites for hydroxylation is 1. The maximum atomic E-state index is 13.4. The van der Waals surface area contributed by atoms with Gasteiger partial charge in [-0.1, -0.05) is 0 Å². The van der Waals surface area contributed by atoms with Gasteiger partial charge in [-0.25, -0.2) is 9.97 Å². The van der Waals surface area contributed by atoms with Crippen molar-refractivity contribution in [2.75, 3.05) is 51.8 Å². The topological polar surface area (TPSA) is 87.7 Å². The van der Waals surface area contributed by atoms with E-state index in [1.54, 1.807) is 7.11 Å². The van der Waals surface area contributed by atoms with Gasteiger partial charge >= 0.3 is 0 Å². The molecule has 164 valence electrons. The largest absolute Gasteiger partial charge is 0.383 e. The van der Waals surface area contributed by atoms with Gasteiger partial charge in [0.2, 0.25) is 5.91 Å². The van der Waals surface area contributed by atoms with Crippen molar-refractivity contribution in [3.05, 3.63) is 16.8 Å². The second kappa shape index (κ2) is 10.2. The molecule has 3 rings (SSSR count). The first-order chi connectivity index (χ1) is 14.5. The molecule has 0 aromatic carbocycles. The summed E-state index contributed by atoms with van der Waals surface area (Å²) < 4.78 is 5.10. The molecule has 9 heteroatoms. The van der Waals surface area contributed by atoms with E-state index in [4.69, 9.17) is 4.74 Å². The number of methoxy groups -OCH3 is 1. The average Bonchev–Trinajstić information content (AvgIpc) is 3.11. The van der Waals surface area contributed by atoms with E-state index in [1.807, 2.05) is 30.6 Å². The Morgan fingerprint density at radius 3 is 2.80 bits per heavy atom. The summed E-state index contributed by atoms with van der Waals surface area (Å²) in [6.07, 6.45) is 3.20. The van der Waals surface area contributed by atoms with Gasteiger partial charge in [-0.3, -0.25) is 9.59 Å². The molecule has 2 amide bonds. The Balaban J connectivity index is 1.81. The van der Waals surface area contributed by atoms with Crippen LogP contribution in [0, 0.1) is 12.8 Å². The summed E-state index contributed by atoms with van der Waals surface area (Å²) in [5, 5.41) is 4.15. The van der Waals surface area contributed by atoms with Crippen molar-refractivity contribution in [3.8, 4) is 0 Å². The molecule has 1 saturated heterocycles. The molecule has 0 radical (unpaired) electrons. The predicted octanol–water partition coefficient (Wildman–Crippen LogP) is 2.78. The molecule has 0 unspecified atom stereocenters. The smallest absolute Gasteiger partial charge is 0.264 e. The van der Waals surface area contributed by atoms with Crippen LogP contribution in [0.15, 0.2) is 6.33 Å². The van der Waals surface area contributed by atoms with Crippen LogP contribution in [0.4, 0.5) is 5.82 Å². The third kappa shape index (κ3) is 4.57. The van der Waals surface area contributed by atoms with Crippen LogP contribution in [0.25, 0.3) is 10.2 Å². The number of fused-ring (bicyclic) bond motifs is 1. The average molecular weight is 434 g/mol. The SMILES string of the molecule is CCN(CC)C(=O)[C@H]1CCCN(C(=O)c2sc3ncnc(NCCOC)c3c2C)C1. The molecule has 3 heterocycles. The van der Waals surface area contributed by atoms with E-state index in [0.29, 0.717) is 44.2 Å². The Morgan fingerprint density at radius 1 is 1.33 bits per heavy atom. The summed E-state index contributed by atoms with van der Waals surface area (Å²) in [5.41, 5.74) is 0.887. The molecule has 2 aromatic rings. The Bertz CT molecular complexity index is 896. The highest BCUT2D eigenvalue weighted by Gasteiger charge is 2.32. The van der Waals surface area contributed by atoms with Gasteiger partial charge in [-0.2, -0.15) is 0 Å². The summed E-state index contributed by atoms with van der Waals surface area (Å²) in [6.45, 7) is 9.68. The number of hydrogen-bond donors (Lipinski definition) is 1. The van der Waals surface area contributed by atoms with Crippen LogP contribution < -0.4 is 5.32 Å². The fourth-order valence-electron chi connectivity index (χ4n) is 3.98. The number of anilines is 1. The van der Waals surface area contributed by atoms with Crippen molar-refractivity contribution < 1.29 is 14.3 Å². The highest BCUT2D eigenvalue weighted by atomic mass is 32.1. The van der Waals surface area contributed by atoms with E-state index >= 15 is 0 Å². The molecule has 8 nitrogen and oxygen atoms in total. The van der Waals surface area contributed by atoms with Crippen molar-refractivity contribution in [2.45, 2.75) is 33.6 Å². The van der Waals surface area contributed by atoms with Crippen LogP contribution in [0.5, 0.6) is 0 Å².